The molecule has 0 radical (unpaired) electrons. The Balaban J connectivity index is 4.34. The topological polar surface area (TPSA) is 80.3 Å². The van der Waals surface area contributed by atoms with E-state index in [0.717, 1.165) is 6.26 Å². The molecule has 1 unspecified atom stereocenters. The van der Waals surface area contributed by atoms with Gasteiger partial charge in [0.25, 0.3) is 0 Å². The van der Waals surface area contributed by atoms with Gasteiger partial charge in [-0.2, -0.15) is 0 Å². The van der Waals surface area contributed by atoms with Crippen molar-refractivity contribution in [1.29, 1.82) is 0 Å². The van der Waals surface area contributed by atoms with Crippen molar-refractivity contribution >= 4 is 35.8 Å². The maximum absolute atomic E-state index is 11.5. The third-order valence-electron chi connectivity index (χ3n) is 2.02. The van der Waals surface area contributed by atoms with E-state index in [1.807, 2.05) is 6.92 Å². The fraction of sp³-hybridized carbons (Fsp3) is 1.00. The van der Waals surface area contributed by atoms with Crippen molar-refractivity contribution in [2.75, 3.05) is 23.1 Å². The van der Waals surface area contributed by atoms with E-state index in [0.29, 0.717) is 18.2 Å². The number of rotatable bonds is 8. The molecule has 0 aromatic heterocycles. The monoisotopic (exact) mass is 335 g/mol. The first-order valence-corrected chi connectivity index (χ1v) is 9.77. The molecular formula is C8H18BrNO4S2. The minimum absolute atomic E-state index is 0.135. The van der Waals surface area contributed by atoms with E-state index in [4.69, 9.17) is 0 Å². The summed E-state index contributed by atoms with van der Waals surface area (Å²) in [6.07, 6.45) is 2.40. The van der Waals surface area contributed by atoms with Crippen molar-refractivity contribution in [1.82, 2.24) is 4.72 Å². The van der Waals surface area contributed by atoms with E-state index in [1.54, 1.807) is 0 Å². The molecule has 0 aliphatic heterocycles. The normalized spacial score (nSPS) is 14.9. The summed E-state index contributed by atoms with van der Waals surface area (Å²) < 4.78 is 47.3. The Bertz CT molecular complexity index is 390. The molecule has 0 spiro atoms. The lowest BCUT2D eigenvalue weighted by Gasteiger charge is -2.15. The fourth-order valence-electron chi connectivity index (χ4n) is 1.05. The summed E-state index contributed by atoms with van der Waals surface area (Å²) in [7, 11) is -6.74. The van der Waals surface area contributed by atoms with Crippen LogP contribution in [0.4, 0.5) is 0 Å². The molecule has 0 aliphatic carbocycles. The van der Waals surface area contributed by atoms with Gasteiger partial charge in [0.15, 0.2) is 0 Å². The highest BCUT2D eigenvalue weighted by atomic mass is 79.9. The average molecular weight is 336 g/mol. The van der Waals surface area contributed by atoms with Crippen molar-refractivity contribution in [3.8, 4) is 0 Å². The summed E-state index contributed by atoms with van der Waals surface area (Å²) in [5, 5.41) is 0.708. The van der Waals surface area contributed by atoms with Crippen LogP contribution in [0.3, 0.4) is 0 Å². The highest BCUT2D eigenvalue weighted by molar-refractivity contribution is 9.09. The van der Waals surface area contributed by atoms with Crippen LogP contribution in [-0.4, -0.2) is 46.0 Å². The molecule has 0 aromatic carbocycles. The molecule has 0 fully saturated rings. The molecule has 16 heavy (non-hydrogen) atoms. The first-order chi connectivity index (χ1) is 7.20. The van der Waals surface area contributed by atoms with Gasteiger partial charge in [-0.25, -0.2) is 21.6 Å². The zero-order chi connectivity index (χ0) is 12.8. The summed E-state index contributed by atoms with van der Waals surface area (Å²) in [5.74, 6) is -0.711. The Morgan fingerprint density at radius 2 is 1.75 bits per heavy atom. The van der Waals surface area contributed by atoms with Crippen molar-refractivity contribution in [2.45, 2.75) is 25.8 Å². The van der Waals surface area contributed by atoms with Gasteiger partial charge < -0.3 is 0 Å². The van der Waals surface area contributed by atoms with Gasteiger partial charge in [-0.15, -0.1) is 0 Å². The van der Waals surface area contributed by atoms with E-state index in [9.17, 15) is 16.8 Å². The Labute approximate surface area is 106 Å². The highest BCUT2D eigenvalue weighted by Gasteiger charge is 2.18. The van der Waals surface area contributed by atoms with Crippen LogP contribution >= 0.6 is 15.9 Å². The summed E-state index contributed by atoms with van der Waals surface area (Å²) in [6.45, 7) is 1.88. The lowest BCUT2D eigenvalue weighted by molar-refractivity contribution is 0.533. The standard InChI is InChI=1S/C8H18BrNO4S2/c1-3-8(4-5-9)10-16(13,14)7-6-15(2,11)12/h8,10H,3-7H2,1-2H3. The molecule has 0 heterocycles. The molecule has 0 saturated carbocycles. The number of hydrogen-bond acceptors (Lipinski definition) is 4. The molecular weight excluding hydrogens is 318 g/mol. The lowest BCUT2D eigenvalue weighted by Crippen LogP contribution is -2.37. The Morgan fingerprint density at radius 3 is 2.12 bits per heavy atom. The van der Waals surface area contributed by atoms with Gasteiger partial charge in [0.05, 0.1) is 11.5 Å². The minimum atomic E-state index is -3.50. The van der Waals surface area contributed by atoms with Crippen LogP contribution in [0.25, 0.3) is 0 Å². The highest BCUT2D eigenvalue weighted by Crippen LogP contribution is 2.03. The maximum Gasteiger partial charge on any atom is 0.212 e. The number of sulfone groups is 1. The smallest absolute Gasteiger partial charge is 0.212 e. The lowest BCUT2D eigenvalue weighted by atomic mass is 10.2. The van der Waals surface area contributed by atoms with E-state index in [1.165, 1.54) is 0 Å². The molecule has 8 heteroatoms. The van der Waals surface area contributed by atoms with Crippen molar-refractivity contribution in [2.24, 2.45) is 0 Å². The number of hydrogen-bond donors (Lipinski definition) is 1. The van der Waals surface area contributed by atoms with Crippen LogP contribution in [0, 0.1) is 0 Å². The van der Waals surface area contributed by atoms with E-state index in [-0.39, 0.29) is 17.5 Å². The molecule has 5 nitrogen and oxygen atoms in total. The molecule has 1 N–H and O–H groups in total. The van der Waals surface area contributed by atoms with Gasteiger partial charge in [0, 0.05) is 17.6 Å². The second-order valence-electron chi connectivity index (χ2n) is 3.65. The van der Waals surface area contributed by atoms with E-state index in [2.05, 4.69) is 20.7 Å². The largest absolute Gasteiger partial charge is 0.229 e. The Kier molecular flexibility index (Phi) is 7.07. The van der Waals surface area contributed by atoms with Gasteiger partial charge in [0.2, 0.25) is 10.0 Å². The van der Waals surface area contributed by atoms with Crippen molar-refractivity contribution in [3.63, 3.8) is 0 Å². The zero-order valence-electron chi connectivity index (χ0n) is 9.44. The van der Waals surface area contributed by atoms with Gasteiger partial charge in [-0.1, -0.05) is 22.9 Å². The number of halogens is 1. The van der Waals surface area contributed by atoms with Gasteiger partial charge in [0.1, 0.15) is 9.84 Å². The number of alkyl halides is 1. The third kappa shape index (κ3) is 8.49. The molecule has 0 rings (SSSR count). The molecule has 1 atom stereocenters. The molecule has 0 saturated heterocycles. The predicted molar refractivity (Wildman–Crippen MR) is 69.1 cm³/mol. The van der Waals surface area contributed by atoms with Crippen LogP contribution in [0.1, 0.15) is 19.8 Å². The summed E-state index contributed by atoms with van der Waals surface area (Å²) in [4.78, 5) is 0. The Morgan fingerprint density at radius 1 is 1.19 bits per heavy atom. The Hall–Kier alpha value is 0.340. The van der Waals surface area contributed by atoms with Crippen molar-refractivity contribution < 1.29 is 16.8 Å². The first kappa shape index (κ1) is 16.3. The van der Waals surface area contributed by atoms with Crippen LogP contribution in [0.2, 0.25) is 0 Å². The van der Waals surface area contributed by atoms with Crippen LogP contribution in [0.5, 0.6) is 0 Å². The third-order valence-corrected chi connectivity index (χ3v) is 5.12. The van der Waals surface area contributed by atoms with Crippen LogP contribution in [0.15, 0.2) is 0 Å². The summed E-state index contributed by atoms with van der Waals surface area (Å²) >= 11 is 3.24. The predicted octanol–water partition coefficient (Wildman–Crippen LogP) is 0.514. The molecule has 0 aliphatic rings. The molecule has 0 amide bonds. The maximum atomic E-state index is 11.5. The summed E-state index contributed by atoms with van der Waals surface area (Å²) in [6, 6.07) is -0.135. The molecule has 0 aromatic rings. The second kappa shape index (κ2) is 6.93. The van der Waals surface area contributed by atoms with E-state index < -0.39 is 19.9 Å². The SMILES string of the molecule is CCC(CCBr)NS(=O)(=O)CCS(C)(=O)=O. The van der Waals surface area contributed by atoms with E-state index >= 15 is 0 Å². The van der Waals surface area contributed by atoms with Crippen LogP contribution < -0.4 is 4.72 Å². The van der Waals surface area contributed by atoms with Crippen LogP contribution in [-0.2, 0) is 19.9 Å². The average Bonchev–Trinajstić information content (AvgIpc) is 2.13. The number of sulfonamides is 1. The molecule has 98 valence electrons. The quantitative estimate of drug-likeness (QED) is 0.655. The first-order valence-electron chi connectivity index (χ1n) is 4.94. The second-order valence-corrected chi connectivity index (χ2v) is 8.58. The fourth-order valence-corrected chi connectivity index (χ4v) is 4.60. The van der Waals surface area contributed by atoms with Gasteiger partial charge in [-0.05, 0) is 12.8 Å². The van der Waals surface area contributed by atoms with Crippen molar-refractivity contribution in [3.05, 3.63) is 0 Å². The zero-order valence-corrected chi connectivity index (χ0v) is 12.7. The number of nitrogens with one attached hydrogen (secondary N) is 1. The van der Waals surface area contributed by atoms with Gasteiger partial charge >= 0.3 is 0 Å². The summed E-state index contributed by atoms with van der Waals surface area (Å²) in [5.41, 5.74) is 0. The molecule has 0 bridgehead atoms. The minimum Gasteiger partial charge on any atom is -0.229 e. The van der Waals surface area contributed by atoms with Gasteiger partial charge in [-0.3, -0.25) is 0 Å².